The molecule has 1 aromatic carbocycles. The lowest BCUT2D eigenvalue weighted by molar-refractivity contribution is -0.142. The SMILES string of the molecule is CCOC(=O)CCNC(=O)/C=C/c1ccccc1Br. The highest BCUT2D eigenvalue weighted by molar-refractivity contribution is 9.10. The number of rotatable bonds is 6. The molecule has 0 atom stereocenters. The summed E-state index contributed by atoms with van der Waals surface area (Å²) < 4.78 is 5.68. The molecule has 1 rings (SSSR count). The third-order valence-corrected chi connectivity index (χ3v) is 2.98. The highest BCUT2D eigenvalue weighted by Crippen LogP contribution is 2.16. The largest absolute Gasteiger partial charge is 0.466 e. The van der Waals surface area contributed by atoms with Crippen LogP contribution in [0.3, 0.4) is 0 Å². The Balaban J connectivity index is 2.35. The zero-order valence-electron chi connectivity index (χ0n) is 10.7. The molecule has 0 aromatic heterocycles. The van der Waals surface area contributed by atoms with Crippen LogP contribution in [-0.4, -0.2) is 25.0 Å². The highest BCUT2D eigenvalue weighted by atomic mass is 79.9. The Morgan fingerprint density at radius 1 is 1.37 bits per heavy atom. The van der Waals surface area contributed by atoms with Crippen LogP contribution in [0.4, 0.5) is 0 Å². The Kier molecular flexibility index (Phi) is 6.89. The fourth-order valence-electron chi connectivity index (χ4n) is 1.36. The van der Waals surface area contributed by atoms with E-state index >= 15 is 0 Å². The molecule has 0 aliphatic carbocycles. The number of nitrogens with one attached hydrogen (secondary N) is 1. The first kappa shape index (κ1) is 15.4. The molecule has 19 heavy (non-hydrogen) atoms. The minimum Gasteiger partial charge on any atom is -0.466 e. The zero-order valence-corrected chi connectivity index (χ0v) is 12.3. The maximum absolute atomic E-state index is 11.5. The second-order valence-corrected chi connectivity index (χ2v) is 4.56. The summed E-state index contributed by atoms with van der Waals surface area (Å²) in [6.45, 7) is 2.38. The van der Waals surface area contributed by atoms with Crippen LogP contribution in [0.15, 0.2) is 34.8 Å². The lowest BCUT2D eigenvalue weighted by Crippen LogP contribution is -2.24. The molecule has 0 saturated heterocycles. The van der Waals surface area contributed by atoms with E-state index in [1.54, 1.807) is 13.0 Å². The first-order valence-electron chi connectivity index (χ1n) is 5.99. The van der Waals surface area contributed by atoms with Gasteiger partial charge in [-0.1, -0.05) is 34.1 Å². The van der Waals surface area contributed by atoms with Crippen LogP contribution in [0.2, 0.25) is 0 Å². The number of ether oxygens (including phenoxy) is 1. The summed E-state index contributed by atoms with van der Waals surface area (Å²) in [5.41, 5.74) is 0.919. The first-order chi connectivity index (χ1) is 9.13. The molecule has 0 unspecified atom stereocenters. The van der Waals surface area contributed by atoms with Crippen LogP contribution in [0.1, 0.15) is 18.9 Å². The van der Waals surface area contributed by atoms with Crippen molar-refractivity contribution in [1.29, 1.82) is 0 Å². The van der Waals surface area contributed by atoms with Crippen LogP contribution in [-0.2, 0) is 14.3 Å². The third-order valence-electron chi connectivity index (χ3n) is 2.25. The topological polar surface area (TPSA) is 55.4 Å². The van der Waals surface area contributed by atoms with Crippen molar-refractivity contribution in [3.8, 4) is 0 Å². The van der Waals surface area contributed by atoms with E-state index < -0.39 is 0 Å². The van der Waals surface area contributed by atoms with E-state index in [-0.39, 0.29) is 24.8 Å². The Morgan fingerprint density at radius 3 is 2.79 bits per heavy atom. The second kappa shape index (κ2) is 8.48. The number of benzene rings is 1. The lowest BCUT2D eigenvalue weighted by Gasteiger charge is -2.02. The van der Waals surface area contributed by atoms with E-state index in [0.717, 1.165) is 10.0 Å². The summed E-state index contributed by atoms with van der Waals surface area (Å²) in [7, 11) is 0. The third kappa shape index (κ3) is 6.20. The molecule has 102 valence electrons. The van der Waals surface area contributed by atoms with Gasteiger partial charge in [-0.3, -0.25) is 9.59 Å². The fourth-order valence-corrected chi connectivity index (χ4v) is 1.77. The summed E-state index contributed by atoms with van der Waals surface area (Å²) in [6, 6.07) is 7.59. The van der Waals surface area contributed by atoms with Gasteiger partial charge in [-0.05, 0) is 24.6 Å². The zero-order chi connectivity index (χ0) is 14.1. The van der Waals surface area contributed by atoms with Crippen molar-refractivity contribution in [2.24, 2.45) is 0 Å². The monoisotopic (exact) mass is 325 g/mol. The Labute approximate surface area is 121 Å². The van der Waals surface area contributed by atoms with Crippen molar-refractivity contribution in [2.45, 2.75) is 13.3 Å². The van der Waals surface area contributed by atoms with Gasteiger partial charge in [0.25, 0.3) is 0 Å². The molecule has 0 radical (unpaired) electrons. The molecule has 0 aliphatic heterocycles. The van der Waals surface area contributed by atoms with Crippen LogP contribution in [0, 0.1) is 0 Å². The molecule has 1 amide bonds. The number of esters is 1. The van der Waals surface area contributed by atoms with Gasteiger partial charge in [0.2, 0.25) is 5.91 Å². The van der Waals surface area contributed by atoms with Gasteiger partial charge in [0, 0.05) is 17.1 Å². The van der Waals surface area contributed by atoms with Crippen LogP contribution in [0.5, 0.6) is 0 Å². The van der Waals surface area contributed by atoms with Crippen molar-refractivity contribution in [1.82, 2.24) is 5.32 Å². The van der Waals surface area contributed by atoms with E-state index in [2.05, 4.69) is 21.2 Å². The Morgan fingerprint density at radius 2 is 2.11 bits per heavy atom. The molecule has 0 bridgehead atoms. The van der Waals surface area contributed by atoms with Gasteiger partial charge < -0.3 is 10.1 Å². The number of hydrogen-bond donors (Lipinski definition) is 1. The molecule has 5 heteroatoms. The van der Waals surface area contributed by atoms with E-state index in [4.69, 9.17) is 4.74 Å². The molecular formula is C14H16BrNO3. The number of carbonyl (C=O) groups is 2. The lowest BCUT2D eigenvalue weighted by atomic mass is 10.2. The number of amides is 1. The van der Waals surface area contributed by atoms with Crippen molar-refractivity contribution >= 4 is 33.9 Å². The van der Waals surface area contributed by atoms with Crippen LogP contribution >= 0.6 is 15.9 Å². The quantitative estimate of drug-likeness (QED) is 0.646. The Bertz CT molecular complexity index is 472. The molecule has 0 saturated carbocycles. The van der Waals surface area contributed by atoms with Gasteiger partial charge in [-0.15, -0.1) is 0 Å². The molecule has 1 N–H and O–H groups in total. The summed E-state index contributed by atoms with van der Waals surface area (Å²) >= 11 is 3.39. The van der Waals surface area contributed by atoms with Crippen LogP contribution < -0.4 is 5.32 Å². The maximum atomic E-state index is 11.5. The summed E-state index contributed by atoms with van der Waals surface area (Å²) in [5.74, 6) is -0.544. The van der Waals surface area contributed by atoms with Crippen molar-refractivity contribution < 1.29 is 14.3 Å². The van der Waals surface area contributed by atoms with Gasteiger partial charge in [-0.25, -0.2) is 0 Å². The normalized spacial score (nSPS) is 10.4. The van der Waals surface area contributed by atoms with Gasteiger partial charge in [0.05, 0.1) is 13.0 Å². The van der Waals surface area contributed by atoms with Gasteiger partial charge in [0.15, 0.2) is 0 Å². The maximum Gasteiger partial charge on any atom is 0.307 e. The van der Waals surface area contributed by atoms with Gasteiger partial charge >= 0.3 is 5.97 Å². The van der Waals surface area contributed by atoms with Gasteiger partial charge in [0.1, 0.15) is 0 Å². The average molecular weight is 326 g/mol. The minimum atomic E-state index is -0.308. The fraction of sp³-hybridized carbons (Fsp3) is 0.286. The van der Waals surface area contributed by atoms with E-state index in [1.165, 1.54) is 6.08 Å². The van der Waals surface area contributed by atoms with Crippen LogP contribution in [0.25, 0.3) is 6.08 Å². The van der Waals surface area contributed by atoms with Crippen molar-refractivity contribution in [3.63, 3.8) is 0 Å². The standard InChI is InChI=1S/C14H16BrNO3/c1-2-19-14(18)9-10-16-13(17)8-7-11-5-3-4-6-12(11)15/h3-8H,2,9-10H2,1H3,(H,16,17)/b8-7+. The van der Waals surface area contributed by atoms with E-state index in [1.807, 2.05) is 24.3 Å². The van der Waals surface area contributed by atoms with Crippen molar-refractivity contribution in [3.05, 3.63) is 40.4 Å². The molecule has 0 spiro atoms. The molecule has 0 heterocycles. The highest BCUT2D eigenvalue weighted by Gasteiger charge is 2.02. The van der Waals surface area contributed by atoms with Gasteiger partial charge in [-0.2, -0.15) is 0 Å². The molecule has 1 aromatic rings. The minimum absolute atomic E-state index is 0.183. The Hall–Kier alpha value is -1.62. The molecular weight excluding hydrogens is 310 g/mol. The summed E-state index contributed by atoms with van der Waals surface area (Å²) in [6.07, 6.45) is 3.33. The smallest absolute Gasteiger partial charge is 0.307 e. The molecule has 4 nitrogen and oxygen atoms in total. The predicted molar refractivity (Wildman–Crippen MR) is 77.4 cm³/mol. The van der Waals surface area contributed by atoms with Crippen molar-refractivity contribution in [2.75, 3.05) is 13.2 Å². The molecule has 0 fully saturated rings. The number of carbonyl (C=O) groups excluding carboxylic acids is 2. The van der Waals surface area contributed by atoms with E-state index in [9.17, 15) is 9.59 Å². The number of halogens is 1. The first-order valence-corrected chi connectivity index (χ1v) is 6.79. The average Bonchev–Trinajstić information content (AvgIpc) is 2.38. The summed E-state index contributed by atoms with van der Waals surface area (Å²) in [4.78, 5) is 22.6. The predicted octanol–water partition coefficient (Wildman–Crippen LogP) is 2.53. The number of hydrogen-bond acceptors (Lipinski definition) is 3. The summed E-state index contributed by atoms with van der Waals surface area (Å²) in [5, 5.41) is 2.62. The second-order valence-electron chi connectivity index (χ2n) is 3.70. The van der Waals surface area contributed by atoms with E-state index in [0.29, 0.717) is 6.61 Å². The molecule has 0 aliphatic rings.